The highest BCUT2D eigenvalue weighted by Crippen LogP contribution is 2.29. The van der Waals surface area contributed by atoms with Crippen molar-refractivity contribution in [3.8, 4) is 17.2 Å². The fraction of sp³-hybridized carbons (Fsp3) is 0.364. The maximum absolute atomic E-state index is 13.3. The second kappa shape index (κ2) is 8.18. The van der Waals surface area contributed by atoms with Gasteiger partial charge in [-0.2, -0.15) is 5.26 Å². The molecule has 2 N–H and O–H groups in total. The van der Waals surface area contributed by atoms with Crippen LogP contribution in [0.5, 0.6) is 0 Å². The van der Waals surface area contributed by atoms with Gasteiger partial charge in [-0.05, 0) is 41.8 Å². The van der Waals surface area contributed by atoms with Crippen LogP contribution >= 0.6 is 0 Å². The quantitative estimate of drug-likeness (QED) is 0.834. The molecule has 2 aromatic rings. The number of alkyl halides is 1. The van der Waals surface area contributed by atoms with Gasteiger partial charge in [0.25, 0.3) is 0 Å². The summed E-state index contributed by atoms with van der Waals surface area (Å²) in [6, 6.07) is 13.5. The first-order valence-corrected chi connectivity index (χ1v) is 9.76. The lowest BCUT2D eigenvalue weighted by atomic mass is 10.0. The Morgan fingerprint density at radius 2 is 1.97 bits per heavy atom. The summed E-state index contributed by atoms with van der Waals surface area (Å²) >= 11 is 0. The van der Waals surface area contributed by atoms with Gasteiger partial charge in [0.1, 0.15) is 18.1 Å². The molecule has 29 heavy (non-hydrogen) atoms. The number of nitrogens with one attached hydrogen (secondary N) is 2. The van der Waals surface area contributed by atoms with Crippen molar-refractivity contribution in [3.05, 3.63) is 53.8 Å². The lowest BCUT2D eigenvalue weighted by molar-refractivity contribution is -0.123. The van der Waals surface area contributed by atoms with E-state index in [1.165, 1.54) is 12.1 Å². The van der Waals surface area contributed by atoms with Crippen LogP contribution in [0, 0.1) is 17.1 Å². The van der Waals surface area contributed by atoms with Crippen molar-refractivity contribution < 1.29 is 13.6 Å². The van der Waals surface area contributed by atoms with E-state index < -0.39 is 12.2 Å². The van der Waals surface area contributed by atoms with Gasteiger partial charge in [-0.1, -0.05) is 18.2 Å². The molecule has 7 heteroatoms. The Hall–Kier alpha value is -2.98. The molecule has 2 aliphatic heterocycles. The minimum absolute atomic E-state index is 0.0359. The Balaban J connectivity index is 1.44. The number of amides is 1. The fourth-order valence-corrected chi connectivity index (χ4v) is 4.01. The van der Waals surface area contributed by atoms with Crippen LogP contribution in [-0.2, 0) is 4.79 Å². The van der Waals surface area contributed by atoms with Crippen LogP contribution in [0.2, 0.25) is 0 Å². The van der Waals surface area contributed by atoms with E-state index in [1.54, 1.807) is 18.2 Å². The number of carbonyl (C=O) groups excluding carboxylic acids is 1. The first-order chi connectivity index (χ1) is 14.0. The van der Waals surface area contributed by atoms with Gasteiger partial charge in [0.2, 0.25) is 5.91 Å². The van der Waals surface area contributed by atoms with Gasteiger partial charge in [0.15, 0.2) is 0 Å². The third-order valence-corrected chi connectivity index (χ3v) is 5.56. The number of anilines is 1. The summed E-state index contributed by atoms with van der Waals surface area (Å²) in [6.45, 7) is 1.54. The van der Waals surface area contributed by atoms with E-state index in [1.807, 2.05) is 12.1 Å². The van der Waals surface area contributed by atoms with E-state index in [4.69, 9.17) is 0 Å². The van der Waals surface area contributed by atoms with Crippen LogP contribution in [0.25, 0.3) is 11.1 Å². The topological polar surface area (TPSA) is 68.2 Å². The number of hydrogen-bond donors (Lipinski definition) is 2. The molecule has 1 amide bonds. The number of carbonyl (C=O) groups is 1. The Labute approximate surface area is 168 Å². The molecule has 3 atom stereocenters. The lowest BCUT2D eigenvalue weighted by Crippen LogP contribution is -2.46. The van der Waals surface area contributed by atoms with E-state index in [0.717, 1.165) is 29.8 Å². The molecule has 0 aromatic heterocycles. The van der Waals surface area contributed by atoms with E-state index >= 15 is 0 Å². The van der Waals surface area contributed by atoms with Gasteiger partial charge in [-0.25, -0.2) is 8.78 Å². The number of rotatable bonds is 4. The van der Waals surface area contributed by atoms with Crippen molar-refractivity contribution in [2.75, 3.05) is 24.5 Å². The summed E-state index contributed by atoms with van der Waals surface area (Å²) in [5, 5.41) is 15.5. The molecule has 0 radical (unpaired) electrons. The van der Waals surface area contributed by atoms with Crippen molar-refractivity contribution in [2.45, 2.75) is 31.1 Å². The summed E-state index contributed by atoms with van der Waals surface area (Å²) in [6.07, 6.45) is 0.0111. The SMILES string of the molecule is N#Cc1cc(-c2ccc(F)cc2)ccc1N1CC[C@H](NC(=O)[C@@H]2C[C@H](F)CN2)C1. The van der Waals surface area contributed by atoms with Crippen molar-refractivity contribution in [1.82, 2.24) is 10.6 Å². The minimum atomic E-state index is -0.969. The molecule has 0 unspecified atom stereocenters. The van der Waals surface area contributed by atoms with Gasteiger partial charge in [0, 0.05) is 32.1 Å². The second-order valence-electron chi connectivity index (χ2n) is 7.58. The van der Waals surface area contributed by atoms with Gasteiger partial charge >= 0.3 is 0 Å². The van der Waals surface area contributed by atoms with Crippen molar-refractivity contribution in [2.24, 2.45) is 0 Å². The van der Waals surface area contributed by atoms with Crippen LogP contribution < -0.4 is 15.5 Å². The van der Waals surface area contributed by atoms with Crippen LogP contribution in [0.15, 0.2) is 42.5 Å². The van der Waals surface area contributed by atoms with Crippen LogP contribution in [-0.4, -0.2) is 43.8 Å². The first kappa shape index (κ1) is 19.3. The molecular formula is C22H22F2N4O. The van der Waals surface area contributed by atoms with Crippen molar-refractivity contribution in [3.63, 3.8) is 0 Å². The number of hydrogen-bond acceptors (Lipinski definition) is 4. The predicted molar refractivity (Wildman–Crippen MR) is 107 cm³/mol. The van der Waals surface area contributed by atoms with Gasteiger partial charge in [-0.15, -0.1) is 0 Å². The summed E-state index contributed by atoms with van der Waals surface area (Å²) in [4.78, 5) is 14.4. The summed E-state index contributed by atoms with van der Waals surface area (Å²) in [5.74, 6) is -0.463. The number of nitrogens with zero attached hydrogens (tertiary/aromatic N) is 2. The van der Waals surface area contributed by atoms with Crippen LogP contribution in [0.4, 0.5) is 14.5 Å². The van der Waals surface area contributed by atoms with Gasteiger partial charge in [0.05, 0.1) is 17.3 Å². The molecule has 0 bridgehead atoms. The van der Waals surface area contributed by atoms with E-state index in [2.05, 4.69) is 21.6 Å². The minimum Gasteiger partial charge on any atom is -0.368 e. The maximum atomic E-state index is 13.3. The zero-order chi connectivity index (χ0) is 20.4. The smallest absolute Gasteiger partial charge is 0.237 e. The molecule has 150 valence electrons. The average molecular weight is 396 g/mol. The first-order valence-electron chi connectivity index (χ1n) is 9.76. The lowest BCUT2D eigenvalue weighted by Gasteiger charge is -2.21. The number of benzene rings is 2. The predicted octanol–water partition coefficient (Wildman–Crippen LogP) is 2.76. The average Bonchev–Trinajstić information content (AvgIpc) is 3.37. The number of halogens is 2. The van der Waals surface area contributed by atoms with Gasteiger partial charge in [-0.3, -0.25) is 4.79 Å². The highest BCUT2D eigenvalue weighted by Gasteiger charge is 2.32. The summed E-state index contributed by atoms with van der Waals surface area (Å²) in [7, 11) is 0. The second-order valence-corrected chi connectivity index (χ2v) is 7.58. The Morgan fingerprint density at radius 1 is 1.21 bits per heavy atom. The molecule has 2 aliphatic rings. The van der Waals surface area contributed by atoms with E-state index in [0.29, 0.717) is 12.1 Å². The standard InChI is InChI=1S/C22H22F2N4O/c23-17-4-1-14(2-5-17)15-3-6-21(16(9-15)11-25)28-8-7-19(13-28)27-22(29)20-10-18(24)12-26-20/h1-6,9,18-20,26H,7-8,10,12-13H2,(H,27,29)/t18-,19-,20-/m0/s1. The molecule has 2 heterocycles. The van der Waals surface area contributed by atoms with E-state index in [9.17, 15) is 18.8 Å². The van der Waals surface area contributed by atoms with Crippen LogP contribution in [0.3, 0.4) is 0 Å². The number of nitriles is 1. The molecule has 5 nitrogen and oxygen atoms in total. The third-order valence-electron chi connectivity index (χ3n) is 5.56. The fourth-order valence-electron chi connectivity index (χ4n) is 4.01. The van der Waals surface area contributed by atoms with Crippen molar-refractivity contribution >= 4 is 11.6 Å². The Bertz CT molecular complexity index is 941. The molecule has 0 saturated carbocycles. The highest BCUT2D eigenvalue weighted by molar-refractivity contribution is 5.82. The molecule has 0 aliphatic carbocycles. The molecule has 2 fully saturated rings. The van der Waals surface area contributed by atoms with Gasteiger partial charge < -0.3 is 15.5 Å². The third kappa shape index (κ3) is 4.22. The summed E-state index contributed by atoms with van der Waals surface area (Å²) < 4.78 is 26.4. The Kier molecular flexibility index (Phi) is 5.45. The normalized spacial score (nSPS) is 23.8. The molecule has 4 rings (SSSR count). The largest absolute Gasteiger partial charge is 0.368 e. The van der Waals surface area contributed by atoms with E-state index in [-0.39, 0.29) is 30.7 Å². The zero-order valence-corrected chi connectivity index (χ0v) is 15.9. The molecular weight excluding hydrogens is 374 g/mol. The van der Waals surface area contributed by atoms with Crippen LogP contribution in [0.1, 0.15) is 18.4 Å². The maximum Gasteiger partial charge on any atom is 0.237 e. The molecule has 0 spiro atoms. The highest BCUT2D eigenvalue weighted by atomic mass is 19.1. The molecule has 2 saturated heterocycles. The molecule has 2 aromatic carbocycles. The Morgan fingerprint density at radius 3 is 2.66 bits per heavy atom. The summed E-state index contributed by atoms with van der Waals surface area (Å²) in [5.41, 5.74) is 3.05. The monoisotopic (exact) mass is 396 g/mol. The zero-order valence-electron chi connectivity index (χ0n) is 15.9. The van der Waals surface area contributed by atoms with Crippen molar-refractivity contribution in [1.29, 1.82) is 5.26 Å².